The van der Waals surface area contributed by atoms with Crippen molar-refractivity contribution in [3.8, 4) is 0 Å². The van der Waals surface area contributed by atoms with Gasteiger partial charge in [0.2, 0.25) is 0 Å². The molecule has 0 atom stereocenters. The lowest BCUT2D eigenvalue weighted by atomic mass is 10.2. The van der Waals surface area contributed by atoms with Crippen molar-refractivity contribution in [3.05, 3.63) is 52.5 Å². The maximum atomic E-state index is 13.7. The lowest BCUT2D eigenvalue weighted by Gasteiger charge is -2.25. The third-order valence-electron chi connectivity index (χ3n) is 2.91. The van der Waals surface area contributed by atoms with Gasteiger partial charge in [0.05, 0.1) is 15.8 Å². The lowest BCUT2D eigenvalue weighted by Crippen LogP contribution is -2.23. The first-order chi connectivity index (χ1) is 9.11. The van der Waals surface area contributed by atoms with E-state index in [2.05, 4.69) is 20.9 Å². The number of nitrogens with zero attached hydrogens (tertiary/aromatic N) is 2. The van der Waals surface area contributed by atoms with Crippen molar-refractivity contribution < 1.29 is 4.39 Å². The fourth-order valence-electron chi connectivity index (χ4n) is 1.90. The molecule has 19 heavy (non-hydrogen) atoms. The van der Waals surface area contributed by atoms with Crippen molar-refractivity contribution >= 4 is 27.3 Å². The number of nitrogen functional groups attached to an aromatic ring is 1. The molecule has 1 heterocycles. The van der Waals surface area contributed by atoms with E-state index in [0.717, 1.165) is 12.1 Å². The molecule has 0 unspecified atom stereocenters. The number of aromatic nitrogens is 1. The minimum Gasteiger partial charge on any atom is -0.397 e. The highest BCUT2D eigenvalue weighted by atomic mass is 79.9. The van der Waals surface area contributed by atoms with Crippen LogP contribution in [-0.4, -0.2) is 11.5 Å². The maximum absolute atomic E-state index is 13.7. The molecular formula is C14H15BrFN3. The van der Waals surface area contributed by atoms with Crippen LogP contribution in [0.2, 0.25) is 0 Å². The number of nitrogens with two attached hydrogens (primary N) is 1. The van der Waals surface area contributed by atoms with E-state index in [1.807, 2.05) is 24.0 Å². The van der Waals surface area contributed by atoms with Gasteiger partial charge in [-0.3, -0.25) is 4.98 Å². The zero-order valence-electron chi connectivity index (χ0n) is 10.6. The summed E-state index contributed by atoms with van der Waals surface area (Å²) in [7, 11) is 0. The van der Waals surface area contributed by atoms with Crippen LogP contribution in [0.5, 0.6) is 0 Å². The van der Waals surface area contributed by atoms with Gasteiger partial charge in [-0.05, 0) is 46.6 Å². The number of rotatable bonds is 4. The molecule has 0 amide bonds. The highest BCUT2D eigenvalue weighted by Crippen LogP contribution is 2.30. The molecule has 0 saturated carbocycles. The molecule has 0 aliphatic heterocycles. The van der Waals surface area contributed by atoms with Gasteiger partial charge in [0, 0.05) is 31.5 Å². The minimum absolute atomic E-state index is 0.308. The Balaban J connectivity index is 2.30. The number of anilines is 2. The summed E-state index contributed by atoms with van der Waals surface area (Å²) in [5.74, 6) is -0.308. The third-order valence-corrected chi connectivity index (χ3v) is 3.52. The average molecular weight is 324 g/mol. The van der Waals surface area contributed by atoms with Crippen molar-refractivity contribution in [1.82, 2.24) is 4.98 Å². The molecule has 100 valence electrons. The van der Waals surface area contributed by atoms with Crippen LogP contribution in [0.3, 0.4) is 0 Å². The SMILES string of the molecule is CCN(Cc1ccncc1)c1cc(F)c(Br)cc1N. The molecule has 2 rings (SSSR count). The zero-order chi connectivity index (χ0) is 13.8. The topological polar surface area (TPSA) is 42.2 Å². The monoisotopic (exact) mass is 323 g/mol. The van der Waals surface area contributed by atoms with Crippen LogP contribution in [-0.2, 0) is 6.54 Å². The number of hydrogen-bond donors (Lipinski definition) is 1. The van der Waals surface area contributed by atoms with Crippen molar-refractivity contribution in [2.24, 2.45) is 0 Å². The Morgan fingerprint density at radius 3 is 2.63 bits per heavy atom. The van der Waals surface area contributed by atoms with Gasteiger partial charge in [0.1, 0.15) is 5.82 Å². The highest BCUT2D eigenvalue weighted by Gasteiger charge is 2.12. The molecule has 0 saturated heterocycles. The third kappa shape index (κ3) is 3.23. The first kappa shape index (κ1) is 13.8. The smallest absolute Gasteiger partial charge is 0.139 e. The summed E-state index contributed by atoms with van der Waals surface area (Å²) in [5, 5.41) is 0. The predicted molar refractivity (Wildman–Crippen MR) is 79.5 cm³/mol. The first-order valence-electron chi connectivity index (χ1n) is 6.00. The number of benzene rings is 1. The second kappa shape index (κ2) is 6.02. The van der Waals surface area contributed by atoms with E-state index in [0.29, 0.717) is 22.4 Å². The van der Waals surface area contributed by atoms with Crippen LogP contribution in [0.4, 0.5) is 15.8 Å². The summed E-state index contributed by atoms with van der Waals surface area (Å²) in [6.45, 7) is 3.43. The fourth-order valence-corrected chi connectivity index (χ4v) is 2.26. The van der Waals surface area contributed by atoms with E-state index < -0.39 is 0 Å². The van der Waals surface area contributed by atoms with E-state index >= 15 is 0 Å². The summed E-state index contributed by atoms with van der Waals surface area (Å²) in [5.41, 5.74) is 8.35. The molecule has 0 spiro atoms. The molecule has 3 nitrogen and oxygen atoms in total. The van der Waals surface area contributed by atoms with Gasteiger partial charge < -0.3 is 10.6 Å². The molecule has 0 aliphatic carbocycles. The Morgan fingerprint density at radius 2 is 2.00 bits per heavy atom. The van der Waals surface area contributed by atoms with Crippen molar-refractivity contribution in [3.63, 3.8) is 0 Å². The van der Waals surface area contributed by atoms with Crippen LogP contribution in [0.15, 0.2) is 41.1 Å². The van der Waals surface area contributed by atoms with Gasteiger partial charge in [-0.2, -0.15) is 0 Å². The maximum Gasteiger partial charge on any atom is 0.139 e. The second-order valence-electron chi connectivity index (χ2n) is 4.19. The Kier molecular flexibility index (Phi) is 4.37. The van der Waals surface area contributed by atoms with Crippen LogP contribution in [0, 0.1) is 5.82 Å². The second-order valence-corrected chi connectivity index (χ2v) is 5.05. The molecule has 0 fully saturated rings. The van der Waals surface area contributed by atoms with Crippen LogP contribution < -0.4 is 10.6 Å². The average Bonchev–Trinajstić information content (AvgIpc) is 2.42. The molecular weight excluding hydrogens is 309 g/mol. The molecule has 0 aliphatic rings. The van der Waals surface area contributed by atoms with Crippen LogP contribution in [0.25, 0.3) is 0 Å². The van der Waals surface area contributed by atoms with E-state index in [4.69, 9.17) is 5.73 Å². The molecule has 1 aromatic carbocycles. The number of halogens is 2. The summed E-state index contributed by atoms with van der Waals surface area (Å²) in [6, 6.07) is 6.94. The fraction of sp³-hybridized carbons (Fsp3) is 0.214. The Bertz CT molecular complexity index is 560. The summed E-state index contributed by atoms with van der Waals surface area (Å²) < 4.78 is 14.0. The standard InChI is InChI=1S/C14H15BrFN3/c1-2-19(9-10-3-5-18-6-4-10)14-8-12(16)11(15)7-13(14)17/h3-8H,2,9,17H2,1H3. The van der Waals surface area contributed by atoms with Gasteiger partial charge in [-0.1, -0.05) is 0 Å². The molecule has 0 radical (unpaired) electrons. The van der Waals surface area contributed by atoms with Crippen molar-refractivity contribution in [1.29, 1.82) is 0 Å². The normalized spacial score (nSPS) is 10.5. The molecule has 2 N–H and O–H groups in total. The number of pyridine rings is 1. The van der Waals surface area contributed by atoms with E-state index in [-0.39, 0.29) is 5.82 Å². The van der Waals surface area contributed by atoms with Gasteiger partial charge >= 0.3 is 0 Å². The summed E-state index contributed by atoms with van der Waals surface area (Å²) in [4.78, 5) is 6.01. The molecule has 2 aromatic rings. The van der Waals surface area contributed by atoms with Crippen LogP contribution in [0.1, 0.15) is 12.5 Å². The summed E-state index contributed by atoms with van der Waals surface area (Å²) >= 11 is 3.14. The van der Waals surface area contributed by atoms with Crippen LogP contribution >= 0.6 is 15.9 Å². The first-order valence-corrected chi connectivity index (χ1v) is 6.79. The van der Waals surface area contributed by atoms with Gasteiger partial charge in [-0.15, -0.1) is 0 Å². The minimum atomic E-state index is -0.308. The largest absolute Gasteiger partial charge is 0.397 e. The van der Waals surface area contributed by atoms with Gasteiger partial charge in [0.15, 0.2) is 0 Å². The highest BCUT2D eigenvalue weighted by molar-refractivity contribution is 9.10. The Hall–Kier alpha value is -1.62. The van der Waals surface area contributed by atoms with Gasteiger partial charge in [-0.25, -0.2) is 4.39 Å². The van der Waals surface area contributed by atoms with Gasteiger partial charge in [0.25, 0.3) is 0 Å². The van der Waals surface area contributed by atoms with Crippen molar-refractivity contribution in [2.75, 3.05) is 17.2 Å². The predicted octanol–water partition coefficient (Wildman–Crippen LogP) is 3.59. The number of hydrogen-bond acceptors (Lipinski definition) is 3. The Labute approximate surface area is 120 Å². The van der Waals surface area contributed by atoms with E-state index in [9.17, 15) is 4.39 Å². The molecule has 5 heteroatoms. The van der Waals surface area contributed by atoms with Crippen molar-refractivity contribution in [2.45, 2.75) is 13.5 Å². The Morgan fingerprint density at radius 1 is 1.32 bits per heavy atom. The van der Waals surface area contributed by atoms with E-state index in [1.54, 1.807) is 18.5 Å². The lowest BCUT2D eigenvalue weighted by molar-refractivity contribution is 0.620. The summed E-state index contributed by atoms with van der Waals surface area (Å²) in [6.07, 6.45) is 3.49. The zero-order valence-corrected chi connectivity index (χ0v) is 12.2. The van der Waals surface area contributed by atoms with E-state index in [1.165, 1.54) is 6.07 Å². The quantitative estimate of drug-likeness (QED) is 0.874. The molecule has 1 aromatic heterocycles. The molecule has 0 bridgehead atoms.